The lowest BCUT2D eigenvalue weighted by Crippen LogP contribution is -2.29. The maximum atomic E-state index is 14.4. The monoisotopic (exact) mass is 594 g/mol. The van der Waals surface area contributed by atoms with Crippen molar-refractivity contribution in [3.63, 3.8) is 0 Å². The van der Waals surface area contributed by atoms with Crippen molar-refractivity contribution in [1.29, 1.82) is 0 Å². The molecule has 0 aliphatic rings. The molecule has 13 heteroatoms. The Morgan fingerprint density at radius 3 is 2.41 bits per heavy atom. The zero-order valence-corrected chi connectivity index (χ0v) is 22.7. The number of furan rings is 1. The summed E-state index contributed by atoms with van der Waals surface area (Å²) in [6.45, 7) is 3.04. The highest BCUT2D eigenvalue weighted by Gasteiger charge is 2.35. The average molecular weight is 595 g/mol. The first-order chi connectivity index (χ1) is 17.6. The SMILES string of the molecule is COc1cccc(OC)c1-n1c(CS(=O)(=O)[C@@H](C)[C@@H](O)c2ncc(Br)cc2F)nnc1-c1ccc(C)o1. The molecule has 3 aromatic heterocycles. The first-order valence-corrected chi connectivity index (χ1v) is 13.5. The largest absolute Gasteiger partial charge is 0.494 e. The number of sulfone groups is 1. The zero-order chi connectivity index (χ0) is 26.9. The van der Waals surface area contributed by atoms with E-state index in [0.717, 1.165) is 6.07 Å². The molecule has 0 fully saturated rings. The van der Waals surface area contributed by atoms with E-state index in [1.165, 1.54) is 31.9 Å². The summed E-state index contributed by atoms with van der Waals surface area (Å²) in [4.78, 5) is 3.86. The highest BCUT2D eigenvalue weighted by molar-refractivity contribution is 9.10. The van der Waals surface area contributed by atoms with Gasteiger partial charge in [0.1, 0.15) is 46.3 Å². The average Bonchev–Trinajstić information content (AvgIpc) is 3.47. The third-order valence-electron chi connectivity index (χ3n) is 5.77. The summed E-state index contributed by atoms with van der Waals surface area (Å²) in [7, 11) is -1.19. The van der Waals surface area contributed by atoms with Gasteiger partial charge in [-0.3, -0.25) is 9.55 Å². The standard InChI is InChI=1S/C24H24BrFN4O6S/c1-13-8-9-19(36-13)24-29-28-20(30(24)22-17(34-3)6-5-7-18(22)35-4)12-37(32,33)14(2)23(31)21-16(26)10-15(25)11-27-21/h5-11,14,23,31H,12H2,1-4H3/t14-,23+/m0/s1. The molecular weight excluding hydrogens is 571 g/mol. The fourth-order valence-corrected chi connectivity index (χ4v) is 5.42. The lowest BCUT2D eigenvalue weighted by Gasteiger charge is -2.20. The van der Waals surface area contributed by atoms with E-state index in [1.807, 2.05) is 0 Å². The quantitative estimate of drug-likeness (QED) is 0.303. The van der Waals surface area contributed by atoms with Crippen molar-refractivity contribution in [2.45, 2.75) is 31.0 Å². The maximum absolute atomic E-state index is 14.4. The van der Waals surface area contributed by atoms with E-state index >= 15 is 0 Å². The fourth-order valence-electron chi connectivity index (χ4n) is 3.78. The van der Waals surface area contributed by atoms with Crippen LogP contribution in [0.2, 0.25) is 0 Å². The first-order valence-electron chi connectivity index (χ1n) is 11.0. The van der Waals surface area contributed by atoms with Gasteiger partial charge in [-0.15, -0.1) is 10.2 Å². The van der Waals surface area contributed by atoms with E-state index in [1.54, 1.807) is 37.3 Å². The number of pyridine rings is 1. The van der Waals surface area contributed by atoms with Crippen LogP contribution in [0.3, 0.4) is 0 Å². The summed E-state index contributed by atoms with van der Waals surface area (Å²) in [5.74, 6) is 0.457. The normalized spacial score (nSPS) is 13.4. The third-order valence-corrected chi connectivity index (χ3v) is 8.26. The Morgan fingerprint density at radius 2 is 1.84 bits per heavy atom. The number of hydrogen-bond donors (Lipinski definition) is 1. The highest BCUT2D eigenvalue weighted by Crippen LogP contribution is 2.37. The van der Waals surface area contributed by atoms with Gasteiger partial charge >= 0.3 is 0 Å². The number of rotatable bonds is 9. The van der Waals surface area contributed by atoms with Gasteiger partial charge in [-0.05, 0) is 60.1 Å². The van der Waals surface area contributed by atoms with Crippen LogP contribution < -0.4 is 9.47 Å². The molecule has 0 radical (unpaired) electrons. The zero-order valence-electron chi connectivity index (χ0n) is 20.3. The Morgan fingerprint density at radius 1 is 1.16 bits per heavy atom. The van der Waals surface area contributed by atoms with Crippen molar-refractivity contribution in [2.75, 3.05) is 14.2 Å². The number of ether oxygens (including phenoxy) is 2. The Kier molecular flexibility index (Phi) is 7.67. The minimum atomic E-state index is -4.12. The summed E-state index contributed by atoms with van der Waals surface area (Å²) in [5.41, 5.74) is -0.0144. The lowest BCUT2D eigenvalue weighted by molar-refractivity contribution is 0.166. The van der Waals surface area contributed by atoms with Crippen LogP contribution in [0.1, 0.15) is 30.3 Å². The van der Waals surface area contributed by atoms with E-state index in [2.05, 4.69) is 31.1 Å². The maximum Gasteiger partial charge on any atom is 0.204 e. The van der Waals surface area contributed by atoms with Gasteiger partial charge in [0, 0.05) is 10.7 Å². The summed E-state index contributed by atoms with van der Waals surface area (Å²) >= 11 is 3.09. The van der Waals surface area contributed by atoms with Gasteiger partial charge < -0.3 is 19.0 Å². The van der Waals surface area contributed by atoms with Crippen LogP contribution in [-0.4, -0.2) is 52.7 Å². The van der Waals surface area contributed by atoms with Crippen molar-refractivity contribution in [3.05, 3.63) is 70.2 Å². The molecule has 0 bridgehead atoms. The number of aromatic nitrogens is 4. The summed E-state index contributed by atoms with van der Waals surface area (Å²) in [6.07, 6.45) is -0.439. The van der Waals surface area contributed by atoms with E-state index in [4.69, 9.17) is 13.9 Å². The molecular formula is C24H24BrFN4O6S. The van der Waals surface area contributed by atoms with Crippen LogP contribution >= 0.6 is 15.9 Å². The topological polar surface area (TPSA) is 130 Å². The van der Waals surface area contributed by atoms with Gasteiger partial charge in [0.05, 0.1) is 19.5 Å². The predicted octanol–water partition coefficient (Wildman–Crippen LogP) is 4.19. The molecule has 4 aromatic rings. The molecule has 0 amide bonds. The second-order valence-electron chi connectivity index (χ2n) is 8.17. The molecule has 0 spiro atoms. The first kappa shape index (κ1) is 26.8. The number of aliphatic hydroxyl groups is 1. The van der Waals surface area contributed by atoms with E-state index in [-0.39, 0.29) is 17.3 Å². The van der Waals surface area contributed by atoms with Gasteiger partial charge in [0.15, 0.2) is 21.4 Å². The second-order valence-corrected chi connectivity index (χ2v) is 11.4. The molecule has 10 nitrogen and oxygen atoms in total. The van der Waals surface area contributed by atoms with E-state index in [9.17, 15) is 17.9 Å². The molecule has 0 aliphatic heterocycles. The van der Waals surface area contributed by atoms with Gasteiger partial charge in [-0.25, -0.2) is 12.8 Å². The number of nitrogens with zero attached hydrogens (tertiary/aromatic N) is 4. The van der Waals surface area contributed by atoms with Crippen molar-refractivity contribution >= 4 is 25.8 Å². The second kappa shape index (κ2) is 10.6. The third kappa shape index (κ3) is 5.24. The fraction of sp³-hybridized carbons (Fsp3) is 0.292. The van der Waals surface area contributed by atoms with Gasteiger partial charge in [0.2, 0.25) is 5.82 Å². The molecule has 0 saturated carbocycles. The molecule has 0 aliphatic carbocycles. The van der Waals surface area contributed by atoms with Crippen molar-refractivity contribution < 1.29 is 31.8 Å². The number of hydrogen-bond acceptors (Lipinski definition) is 9. The summed E-state index contributed by atoms with van der Waals surface area (Å²) < 4.78 is 59.9. The smallest absolute Gasteiger partial charge is 0.204 e. The van der Waals surface area contributed by atoms with Gasteiger partial charge in [-0.1, -0.05) is 6.07 Å². The van der Waals surface area contributed by atoms with Crippen LogP contribution in [0.4, 0.5) is 4.39 Å². The van der Waals surface area contributed by atoms with E-state index < -0.39 is 32.8 Å². The number of halogens is 2. The number of aryl methyl sites for hydroxylation is 1. The van der Waals surface area contributed by atoms with Crippen molar-refractivity contribution in [3.8, 4) is 28.8 Å². The Labute approximate surface area is 221 Å². The molecule has 37 heavy (non-hydrogen) atoms. The van der Waals surface area contributed by atoms with Gasteiger partial charge in [-0.2, -0.15) is 0 Å². The Balaban J connectivity index is 1.82. The number of methoxy groups -OCH3 is 2. The van der Waals surface area contributed by atoms with Crippen LogP contribution in [0.15, 0.2) is 51.5 Å². The highest BCUT2D eigenvalue weighted by atomic mass is 79.9. The van der Waals surface area contributed by atoms with Crippen LogP contribution in [0, 0.1) is 12.7 Å². The molecule has 196 valence electrons. The van der Waals surface area contributed by atoms with Crippen LogP contribution in [0.5, 0.6) is 11.5 Å². The summed E-state index contributed by atoms with van der Waals surface area (Å²) in [5, 5.41) is 17.6. The Bertz CT molecular complexity index is 1520. The number of benzene rings is 1. The van der Waals surface area contributed by atoms with Crippen LogP contribution in [0.25, 0.3) is 17.3 Å². The minimum Gasteiger partial charge on any atom is -0.494 e. The minimum absolute atomic E-state index is 0.00939. The Hall–Kier alpha value is -3.29. The van der Waals surface area contributed by atoms with Crippen molar-refractivity contribution in [1.82, 2.24) is 19.7 Å². The number of aliphatic hydroxyl groups excluding tert-OH is 1. The van der Waals surface area contributed by atoms with Crippen molar-refractivity contribution in [2.24, 2.45) is 0 Å². The predicted molar refractivity (Wildman–Crippen MR) is 136 cm³/mol. The molecule has 2 atom stereocenters. The molecule has 4 rings (SSSR count). The number of para-hydroxylation sites is 1. The molecule has 1 N–H and O–H groups in total. The van der Waals surface area contributed by atoms with Crippen LogP contribution in [-0.2, 0) is 15.6 Å². The molecule has 0 saturated heterocycles. The lowest BCUT2D eigenvalue weighted by atomic mass is 10.2. The molecule has 3 heterocycles. The van der Waals surface area contributed by atoms with Gasteiger partial charge in [0.25, 0.3) is 0 Å². The molecule has 1 aromatic carbocycles. The molecule has 0 unspecified atom stereocenters. The van der Waals surface area contributed by atoms with E-state index in [0.29, 0.717) is 33.2 Å². The summed E-state index contributed by atoms with van der Waals surface area (Å²) in [6, 6.07) is 9.61.